The molecule has 0 bridgehead atoms. The van der Waals surface area contributed by atoms with Gasteiger partial charge in [0.25, 0.3) is 0 Å². The van der Waals surface area contributed by atoms with Crippen molar-refractivity contribution in [2.45, 2.75) is 39.3 Å². The number of nitrogens with zero attached hydrogens (tertiary/aromatic N) is 2. The van der Waals surface area contributed by atoms with Gasteiger partial charge in [0.15, 0.2) is 5.96 Å². The molecule has 2 rings (SSSR count). The van der Waals surface area contributed by atoms with Gasteiger partial charge in [0.2, 0.25) is 0 Å². The Morgan fingerprint density at radius 2 is 2.05 bits per heavy atom. The number of ether oxygens (including phenoxy) is 1. The van der Waals surface area contributed by atoms with Gasteiger partial charge in [0.1, 0.15) is 5.75 Å². The summed E-state index contributed by atoms with van der Waals surface area (Å²) in [6, 6.07) is 8.91. The van der Waals surface area contributed by atoms with E-state index in [4.69, 9.17) is 10.5 Å². The van der Waals surface area contributed by atoms with Crippen molar-refractivity contribution in [3.63, 3.8) is 0 Å². The third-order valence-electron chi connectivity index (χ3n) is 3.67. The van der Waals surface area contributed by atoms with Crippen LogP contribution in [0, 0.1) is 0 Å². The molecule has 104 valence electrons. The van der Waals surface area contributed by atoms with Crippen molar-refractivity contribution in [2.24, 2.45) is 10.7 Å². The molecule has 2 N–H and O–H groups in total. The third kappa shape index (κ3) is 2.83. The van der Waals surface area contributed by atoms with Crippen LogP contribution in [-0.4, -0.2) is 30.1 Å². The normalized spacial score (nSPS) is 20.3. The second-order valence-electron chi connectivity index (χ2n) is 4.88. The quantitative estimate of drug-likeness (QED) is 0.886. The van der Waals surface area contributed by atoms with Crippen LogP contribution in [0.4, 0.5) is 0 Å². The molecule has 0 radical (unpaired) electrons. The maximum atomic E-state index is 6.01. The van der Waals surface area contributed by atoms with Crippen LogP contribution in [0.1, 0.15) is 38.8 Å². The first kappa shape index (κ1) is 13.7. The van der Waals surface area contributed by atoms with Crippen molar-refractivity contribution in [2.75, 3.05) is 13.2 Å². The topological polar surface area (TPSA) is 50.9 Å². The molecule has 19 heavy (non-hydrogen) atoms. The molecule has 0 saturated carbocycles. The standard InChI is InChI=1S/C15H23N3O/c1-4-11(3)18-14(10-17-15(18)16)12-6-8-13(9-7-12)19-5-2/h6-9,11,14H,4-5,10H2,1-3H3,(H2,16,17). The average molecular weight is 261 g/mol. The first-order valence-corrected chi connectivity index (χ1v) is 6.98. The molecule has 1 aromatic rings. The number of hydrogen-bond donors (Lipinski definition) is 1. The molecule has 0 amide bonds. The molecule has 0 spiro atoms. The van der Waals surface area contributed by atoms with Gasteiger partial charge in [-0.2, -0.15) is 0 Å². The van der Waals surface area contributed by atoms with Crippen molar-refractivity contribution in [3.8, 4) is 5.75 Å². The first-order valence-electron chi connectivity index (χ1n) is 6.98. The van der Waals surface area contributed by atoms with Gasteiger partial charge in [-0.15, -0.1) is 0 Å². The van der Waals surface area contributed by atoms with Gasteiger partial charge >= 0.3 is 0 Å². The summed E-state index contributed by atoms with van der Waals surface area (Å²) in [6.45, 7) is 7.78. The predicted molar refractivity (Wildman–Crippen MR) is 78.4 cm³/mol. The summed E-state index contributed by atoms with van der Waals surface area (Å²) >= 11 is 0. The first-order chi connectivity index (χ1) is 9.17. The van der Waals surface area contributed by atoms with Crippen LogP contribution in [0.3, 0.4) is 0 Å². The van der Waals surface area contributed by atoms with E-state index in [1.54, 1.807) is 0 Å². The summed E-state index contributed by atoms with van der Waals surface area (Å²) in [6.07, 6.45) is 1.06. The minimum absolute atomic E-state index is 0.255. The zero-order valence-electron chi connectivity index (χ0n) is 12.0. The Hall–Kier alpha value is -1.71. The monoisotopic (exact) mass is 261 g/mol. The van der Waals surface area contributed by atoms with Crippen molar-refractivity contribution >= 4 is 5.96 Å². The van der Waals surface area contributed by atoms with E-state index in [-0.39, 0.29) is 6.04 Å². The zero-order valence-corrected chi connectivity index (χ0v) is 12.0. The fourth-order valence-corrected chi connectivity index (χ4v) is 2.46. The highest BCUT2D eigenvalue weighted by molar-refractivity contribution is 5.80. The molecular formula is C15H23N3O. The number of guanidine groups is 1. The highest BCUT2D eigenvalue weighted by Gasteiger charge is 2.30. The van der Waals surface area contributed by atoms with Gasteiger partial charge in [0.05, 0.1) is 19.2 Å². The summed E-state index contributed by atoms with van der Waals surface area (Å²) < 4.78 is 5.47. The van der Waals surface area contributed by atoms with Crippen LogP contribution in [0.2, 0.25) is 0 Å². The van der Waals surface area contributed by atoms with E-state index in [0.29, 0.717) is 18.6 Å². The lowest BCUT2D eigenvalue weighted by Gasteiger charge is -2.32. The SMILES string of the molecule is CCOc1ccc(C2CN=C(N)N2C(C)CC)cc1. The van der Waals surface area contributed by atoms with Gasteiger partial charge in [-0.05, 0) is 38.0 Å². The Morgan fingerprint density at radius 1 is 1.37 bits per heavy atom. The third-order valence-corrected chi connectivity index (χ3v) is 3.67. The maximum Gasteiger partial charge on any atom is 0.192 e. The second-order valence-corrected chi connectivity index (χ2v) is 4.88. The summed E-state index contributed by atoms with van der Waals surface area (Å²) in [4.78, 5) is 6.61. The Bertz CT molecular complexity index is 441. The minimum atomic E-state index is 0.255. The van der Waals surface area contributed by atoms with Crippen LogP contribution < -0.4 is 10.5 Å². The lowest BCUT2D eigenvalue weighted by molar-refractivity contribution is 0.268. The van der Waals surface area contributed by atoms with E-state index < -0.39 is 0 Å². The van der Waals surface area contributed by atoms with Gasteiger partial charge < -0.3 is 15.4 Å². The zero-order chi connectivity index (χ0) is 13.8. The van der Waals surface area contributed by atoms with E-state index in [0.717, 1.165) is 18.7 Å². The van der Waals surface area contributed by atoms with E-state index in [9.17, 15) is 0 Å². The largest absolute Gasteiger partial charge is 0.494 e. The molecule has 0 saturated heterocycles. The van der Waals surface area contributed by atoms with Gasteiger partial charge in [-0.25, -0.2) is 0 Å². The molecule has 1 aliphatic heterocycles. The average Bonchev–Trinajstić information content (AvgIpc) is 2.81. The molecule has 0 fully saturated rings. The molecule has 1 aromatic carbocycles. The molecule has 4 heteroatoms. The molecular weight excluding hydrogens is 238 g/mol. The lowest BCUT2D eigenvalue weighted by Crippen LogP contribution is -2.42. The summed E-state index contributed by atoms with van der Waals surface area (Å²) in [5.41, 5.74) is 7.26. The number of hydrogen-bond acceptors (Lipinski definition) is 4. The Kier molecular flexibility index (Phi) is 4.30. The Balaban J connectivity index is 2.16. The fraction of sp³-hybridized carbons (Fsp3) is 0.533. The smallest absolute Gasteiger partial charge is 0.192 e. The van der Waals surface area contributed by atoms with Crippen molar-refractivity contribution in [1.82, 2.24) is 4.90 Å². The second kappa shape index (κ2) is 5.95. The molecule has 1 heterocycles. The Labute approximate surface area is 115 Å². The lowest BCUT2D eigenvalue weighted by atomic mass is 10.0. The van der Waals surface area contributed by atoms with Gasteiger partial charge in [-0.3, -0.25) is 4.99 Å². The van der Waals surface area contributed by atoms with E-state index in [1.807, 2.05) is 19.1 Å². The van der Waals surface area contributed by atoms with Crippen molar-refractivity contribution < 1.29 is 4.74 Å². The molecule has 2 atom stereocenters. The van der Waals surface area contributed by atoms with Gasteiger partial charge in [0, 0.05) is 6.04 Å². The predicted octanol–water partition coefficient (Wildman–Crippen LogP) is 2.56. The van der Waals surface area contributed by atoms with Crippen LogP contribution in [0.5, 0.6) is 5.75 Å². The van der Waals surface area contributed by atoms with E-state index >= 15 is 0 Å². The van der Waals surface area contributed by atoms with Crippen molar-refractivity contribution in [3.05, 3.63) is 29.8 Å². The molecule has 0 aliphatic carbocycles. The number of benzene rings is 1. The van der Waals surface area contributed by atoms with Crippen LogP contribution in [-0.2, 0) is 0 Å². The van der Waals surface area contributed by atoms with E-state index in [1.165, 1.54) is 5.56 Å². The summed E-state index contributed by atoms with van der Waals surface area (Å²) in [7, 11) is 0. The molecule has 4 nitrogen and oxygen atoms in total. The Morgan fingerprint density at radius 3 is 2.63 bits per heavy atom. The highest BCUT2D eigenvalue weighted by Crippen LogP contribution is 2.29. The molecule has 0 aromatic heterocycles. The molecule has 2 unspecified atom stereocenters. The molecule has 1 aliphatic rings. The summed E-state index contributed by atoms with van der Waals surface area (Å²) in [5.74, 6) is 1.57. The minimum Gasteiger partial charge on any atom is -0.494 e. The number of rotatable bonds is 5. The van der Waals surface area contributed by atoms with Crippen LogP contribution in [0.15, 0.2) is 29.3 Å². The van der Waals surface area contributed by atoms with Crippen LogP contribution >= 0.6 is 0 Å². The number of aliphatic imine (C=N–C) groups is 1. The van der Waals surface area contributed by atoms with Crippen molar-refractivity contribution in [1.29, 1.82) is 0 Å². The fourth-order valence-electron chi connectivity index (χ4n) is 2.46. The maximum absolute atomic E-state index is 6.01. The van der Waals surface area contributed by atoms with Gasteiger partial charge in [-0.1, -0.05) is 19.1 Å². The summed E-state index contributed by atoms with van der Waals surface area (Å²) in [5, 5.41) is 0. The highest BCUT2D eigenvalue weighted by atomic mass is 16.5. The number of nitrogens with two attached hydrogens (primary N) is 1. The van der Waals surface area contributed by atoms with E-state index in [2.05, 4.69) is 35.9 Å². The van der Waals surface area contributed by atoms with Crippen LogP contribution in [0.25, 0.3) is 0 Å².